The van der Waals surface area contributed by atoms with E-state index in [1.54, 1.807) is 22.9 Å². The van der Waals surface area contributed by atoms with E-state index in [0.717, 1.165) is 31.7 Å². The fraction of sp³-hybridized carbons (Fsp3) is 0.333. The van der Waals surface area contributed by atoms with Crippen molar-refractivity contribution in [3.63, 3.8) is 0 Å². The molecule has 0 N–H and O–H groups in total. The number of carbonyl (C=O) groups excluding carboxylic acids is 1. The first-order chi connectivity index (χ1) is 13.0. The lowest BCUT2D eigenvalue weighted by Crippen LogP contribution is -2.38. The van der Waals surface area contributed by atoms with Crippen molar-refractivity contribution in [2.45, 2.75) is 26.7 Å². The van der Waals surface area contributed by atoms with E-state index >= 15 is 0 Å². The topological polar surface area (TPSA) is 51.3 Å². The van der Waals surface area contributed by atoms with Crippen molar-refractivity contribution < 1.29 is 13.6 Å². The number of rotatable bonds is 3. The largest absolute Gasteiger partial charge is 0.460 e. The monoisotopic (exact) mass is 367 g/mol. The Hall–Kier alpha value is -2.89. The summed E-state index contributed by atoms with van der Waals surface area (Å²) in [7, 11) is 0. The molecule has 1 aliphatic rings. The van der Waals surface area contributed by atoms with E-state index < -0.39 is 0 Å². The number of aryl methyl sites for hydroxylation is 1. The molecule has 2 aromatic heterocycles. The molecule has 0 aliphatic carbocycles. The van der Waals surface area contributed by atoms with Crippen molar-refractivity contribution >= 4 is 5.91 Å². The first-order valence-corrected chi connectivity index (χ1v) is 9.23. The molecule has 6 heteroatoms. The molecule has 1 fully saturated rings. The minimum Gasteiger partial charge on any atom is -0.460 e. The Kier molecular flexibility index (Phi) is 4.56. The average molecular weight is 367 g/mol. The minimum atomic E-state index is -0.328. The van der Waals surface area contributed by atoms with Gasteiger partial charge in [-0.25, -0.2) is 9.07 Å². The quantitative estimate of drug-likeness (QED) is 0.687. The lowest BCUT2D eigenvalue weighted by atomic mass is 9.99. The van der Waals surface area contributed by atoms with Crippen LogP contribution in [-0.4, -0.2) is 33.7 Å². The molecule has 140 valence electrons. The second-order valence-corrected chi connectivity index (χ2v) is 7.19. The van der Waals surface area contributed by atoms with E-state index in [2.05, 4.69) is 12.0 Å². The zero-order valence-corrected chi connectivity index (χ0v) is 15.5. The van der Waals surface area contributed by atoms with Gasteiger partial charge in [-0.3, -0.25) is 4.79 Å². The van der Waals surface area contributed by atoms with Crippen LogP contribution in [-0.2, 0) is 0 Å². The van der Waals surface area contributed by atoms with Gasteiger partial charge in [0, 0.05) is 19.2 Å². The second kappa shape index (κ2) is 7.02. The Bertz CT molecular complexity index is 950. The zero-order valence-electron chi connectivity index (χ0n) is 15.5. The number of halogens is 1. The summed E-state index contributed by atoms with van der Waals surface area (Å²) in [5, 5.41) is 4.58. The Labute approximate surface area is 157 Å². The lowest BCUT2D eigenvalue weighted by Gasteiger charge is -2.30. The molecule has 3 aromatic rings. The number of amides is 1. The molecule has 0 radical (unpaired) electrons. The summed E-state index contributed by atoms with van der Waals surface area (Å²) in [5.74, 6) is 1.63. The number of nitrogens with zero attached hydrogens (tertiary/aromatic N) is 3. The molecule has 0 spiro atoms. The van der Waals surface area contributed by atoms with Crippen LogP contribution in [0.3, 0.4) is 0 Å². The fourth-order valence-electron chi connectivity index (χ4n) is 3.38. The summed E-state index contributed by atoms with van der Waals surface area (Å²) in [5.41, 5.74) is 1.68. The highest BCUT2D eigenvalue weighted by molar-refractivity contribution is 5.94. The third kappa shape index (κ3) is 3.52. The van der Waals surface area contributed by atoms with E-state index in [9.17, 15) is 9.18 Å². The smallest absolute Gasteiger partial charge is 0.272 e. The number of furan rings is 1. The van der Waals surface area contributed by atoms with E-state index in [1.165, 1.54) is 12.1 Å². The Morgan fingerprint density at radius 1 is 1.15 bits per heavy atom. The molecule has 0 bridgehead atoms. The minimum absolute atomic E-state index is 0.0618. The van der Waals surface area contributed by atoms with Crippen LogP contribution in [0, 0.1) is 18.7 Å². The van der Waals surface area contributed by atoms with Gasteiger partial charge in [-0.2, -0.15) is 5.10 Å². The van der Waals surface area contributed by atoms with Gasteiger partial charge in [-0.05, 0) is 62.1 Å². The van der Waals surface area contributed by atoms with Gasteiger partial charge in [0.05, 0.1) is 5.69 Å². The van der Waals surface area contributed by atoms with E-state index in [1.807, 2.05) is 24.0 Å². The maximum atomic E-state index is 13.3. The summed E-state index contributed by atoms with van der Waals surface area (Å²) in [6.07, 6.45) is 2.00. The van der Waals surface area contributed by atoms with Gasteiger partial charge in [0.15, 0.2) is 5.76 Å². The van der Waals surface area contributed by atoms with E-state index in [-0.39, 0.29) is 11.7 Å². The maximum absolute atomic E-state index is 13.3. The van der Waals surface area contributed by atoms with Gasteiger partial charge in [-0.1, -0.05) is 6.92 Å². The van der Waals surface area contributed by atoms with Crippen LogP contribution in [0.2, 0.25) is 0 Å². The molecular formula is C21H22FN3O2. The number of hydrogen-bond acceptors (Lipinski definition) is 3. The molecular weight excluding hydrogens is 345 g/mol. The van der Waals surface area contributed by atoms with Gasteiger partial charge in [0.25, 0.3) is 5.91 Å². The van der Waals surface area contributed by atoms with Crippen LogP contribution in [0.1, 0.15) is 36.0 Å². The van der Waals surface area contributed by atoms with Gasteiger partial charge in [-0.15, -0.1) is 0 Å². The molecule has 1 aromatic carbocycles. The normalized spacial score (nSPS) is 15.3. The maximum Gasteiger partial charge on any atom is 0.272 e. The standard InChI is InChI=1S/C21H22FN3O2/c1-14-9-11-24(12-10-14)21(26)19-13-18(20-8-3-15(2)27-20)23-25(19)17-6-4-16(22)5-7-17/h3-8,13-14H,9-12H2,1-2H3. The molecule has 1 aliphatic heterocycles. The summed E-state index contributed by atoms with van der Waals surface area (Å²) >= 11 is 0. The van der Waals surface area contributed by atoms with Crippen molar-refractivity contribution in [2.24, 2.45) is 5.92 Å². The van der Waals surface area contributed by atoms with Crippen LogP contribution < -0.4 is 0 Å². The van der Waals surface area contributed by atoms with E-state index in [0.29, 0.717) is 28.8 Å². The summed E-state index contributed by atoms with van der Waals surface area (Å²) in [4.78, 5) is 15.0. The predicted molar refractivity (Wildman–Crippen MR) is 100 cm³/mol. The molecule has 4 rings (SSSR count). The molecule has 0 unspecified atom stereocenters. The van der Waals surface area contributed by atoms with Crippen molar-refractivity contribution in [3.8, 4) is 17.1 Å². The first kappa shape index (κ1) is 17.5. The SMILES string of the molecule is Cc1ccc(-c2cc(C(=O)N3CCC(C)CC3)n(-c3ccc(F)cc3)n2)o1. The Balaban J connectivity index is 1.75. The lowest BCUT2D eigenvalue weighted by molar-refractivity contribution is 0.0688. The number of piperidine rings is 1. The van der Waals surface area contributed by atoms with Crippen molar-refractivity contribution in [3.05, 3.63) is 59.7 Å². The highest BCUT2D eigenvalue weighted by Crippen LogP contribution is 2.26. The molecule has 3 heterocycles. The summed E-state index contributed by atoms with van der Waals surface area (Å²) in [6, 6.07) is 11.4. The summed E-state index contributed by atoms with van der Waals surface area (Å²) in [6.45, 7) is 5.55. The van der Waals surface area contributed by atoms with Crippen LogP contribution in [0.15, 0.2) is 46.9 Å². The van der Waals surface area contributed by atoms with Crippen LogP contribution in [0.4, 0.5) is 4.39 Å². The number of carbonyl (C=O) groups is 1. The highest BCUT2D eigenvalue weighted by Gasteiger charge is 2.26. The molecule has 27 heavy (non-hydrogen) atoms. The van der Waals surface area contributed by atoms with Crippen molar-refractivity contribution in [2.75, 3.05) is 13.1 Å². The number of hydrogen-bond donors (Lipinski definition) is 0. The number of likely N-dealkylation sites (tertiary alicyclic amines) is 1. The van der Waals surface area contributed by atoms with E-state index in [4.69, 9.17) is 4.42 Å². The molecule has 1 amide bonds. The Morgan fingerprint density at radius 2 is 1.85 bits per heavy atom. The van der Waals surface area contributed by atoms with Crippen LogP contribution in [0.25, 0.3) is 17.1 Å². The summed E-state index contributed by atoms with van der Waals surface area (Å²) < 4.78 is 20.6. The third-order valence-electron chi connectivity index (χ3n) is 5.06. The van der Waals surface area contributed by atoms with Crippen molar-refractivity contribution in [1.29, 1.82) is 0 Å². The molecule has 0 saturated carbocycles. The third-order valence-corrected chi connectivity index (χ3v) is 5.06. The Morgan fingerprint density at radius 3 is 2.48 bits per heavy atom. The van der Waals surface area contributed by atoms with Gasteiger partial charge < -0.3 is 9.32 Å². The van der Waals surface area contributed by atoms with Crippen LogP contribution >= 0.6 is 0 Å². The average Bonchev–Trinajstić information content (AvgIpc) is 3.29. The second-order valence-electron chi connectivity index (χ2n) is 7.19. The first-order valence-electron chi connectivity index (χ1n) is 9.23. The molecule has 1 saturated heterocycles. The van der Waals surface area contributed by atoms with Gasteiger partial charge >= 0.3 is 0 Å². The fourth-order valence-corrected chi connectivity index (χ4v) is 3.38. The van der Waals surface area contributed by atoms with Gasteiger partial charge in [0.1, 0.15) is 23.0 Å². The van der Waals surface area contributed by atoms with Crippen molar-refractivity contribution in [1.82, 2.24) is 14.7 Å². The zero-order chi connectivity index (χ0) is 19.0. The number of benzene rings is 1. The van der Waals surface area contributed by atoms with Crippen LogP contribution in [0.5, 0.6) is 0 Å². The predicted octanol–water partition coefficient (Wildman–Crippen LogP) is 4.45. The molecule has 5 nitrogen and oxygen atoms in total. The van der Waals surface area contributed by atoms with Gasteiger partial charge in [0.2, 0.25) is 0 Å². The number of aromatic nitrogens is 2. The highest BCUT2D eigenvalue weighted by atomic mass is 19.1. The molecule has 0 atom stereocenters.